The summed E-state index contributed by atoms with van der Waals surface area (Å²) in [6, 6.07) is 3.53. The monoisotopic (exact) mass is 278 g/mol. The normalized spacial score (nSPS) is 10.4. The lowest BCUT2D eigenvalue weighted by Gasteiger charge is -2.13. The van der Waals surface area contributed by atoms with Gasteiger partial charge in [-0.3, -0.25) is 0 Å². The maximum Gasteiger partial charge on any atom is 0.134 e. The summed E-state index contributed by atoms with van der Waals surface area (Å²) in [6.45, 7) is 2.22. The molecule has 0 atom stereocenters. The van der Waals surface area contributed by atoms with Gasteiger partial charge < -0.3 is 10.6 Å². The summed E-state index contributed by atoms with van der Waals surface area (Å²) in [5.41, 5.74) is 1.32. The van der Waals surface area contributed by atoms with E-state index in [2.05, 4.69) is 20.6 Å². The minimum Gasteiger partial charge on any atom is -0.373 e. The number of nitrogens with one attached hydrogen (secondary N) is 2. The highest BCUT2D eigenvalue weighted by Crippen LogP contribution is 2.21. The van der Waals surface area contributed by atoms with Crippen molar-refractivity contribution in [2.45, 2.75) is 19.9 Å². The number of halogens is 2. The number of rotatable bonds is 5. The van der Waals surface area contributed by atoms with Crippen molar-refractivity contribution in [3.63, 3.8) is 0 Å². The van der Waals surface area contributed by atoms with E-state index in [9.17, 15) is 8.78 Å². The average Bonchev–Trinajstić information content (AvgIpc) is 2.45. The Bertz CT molecular complexity index is 602. The first-order valence-electron chi connectivity index (χ1n) is 6.35. The van der Waals surface area contributed by atoms with Gasteiger partial charge in [-0.25, -0.2) is 18.7 Å². The molecule has 0 aliphatic rings. The SMILES string of the molecule is CCc1c(NC)ncnc1NCc1ccc(F)cc1F. The van der Waals surface area contributed by atoms with E-state index in [0.717, 1.165) is 23.9 Å². The highest BCUT2D eigenvalue weighted by Gasteiger charge is 2.09. The molecule has 2 N–H and O–H groups in total. The molecule has 1 aromatic carbocycles. The zero-order valence-corrected chi connectivity index (χ0v) is 11.4. The van der Waals surface area contributed by atoms with Crippen molar-refractivity contribution in [3.8, 4) is 0 Å². The van der Waals surface area contributed by atoms with Gasteiger partial charge in [-0.15, -0.1) is 0 Å². The van der Waals surface area contributed by atoms with Crippen LogP contribution in [-0.2, 0) is 13.0 Å². The predicted molar refractivity (Wildman–Crippen MR) is 74.6 cm³/mol. The van der Waals surface area contributed by atoms with E-state index < -0.39 is 11.6 Å². The van der Waals surface area contributed by atoms with E-state index in [4.69, 9.17) is 0 Å². The second-order valence-corrected chi connectivity index (χ2v) is 4.24. The molecule has 0 saturated carbocycles. The van der Waals surface area contributed by atoms with Crippen LogP contribution in [0.4, 0.5) is 20.4 Å². The maximum atomic E-state index is 13.6. The minimum atomic E-state index is -0.583. The van der Waals surface area contributed by atoms with Crippen molar-refractivity contribution in [3.05, 3.63) is 47.3 Å². The Hall–Kier alpha value is -2.24. The third kappa shape index (κ3) is 3.01. The Balaban J connectivity index is 2.18. The zero-order valence-electron chi connectivity index (χ0n) is 11.4. The Morgan fingerprint density at radius 3 is 2.55 bits per heavy atom. The van der Waals surface area contributed by atoms with Crippen molar-refractivity contribution in [1.82, 2.24) is 9.97 Å². The number of hydrogen-bond donors (Lipinski definition) is 2. The van der Waals surface area contributed by atoms with Gasteiger partial charge in [0.05, 0.1) is 0 Å². The van der Waals surface area contributed by atoms with Crippen molar-refractivity contribution >= 4 is 11.6 Å². The number of aromatic nitrogens is 2. The standard InChI is InChI=1S/C14H16F2N4/c1-3-11-13(17-2)19-8-20-14(11)18-7-9-4-5-10(15)6-12(9)16/h4-6,8H,3,7H2,1-2H3,(H2,17,18,19,20). The number of anilines is 2. The van der Waals surface area contributed by atoms with Gasteiger partial charge in [0, 0.05) is 30.8 Å². The van der Waals surface area contributed by atoms with Crippen LogP contribution in [-0.4, -0.2) is 17.0 Å². The van der Waals surface area contributed by atoms with Crippen LogP contribution in [0.2, 0.25) is 0 Å². The summed E-state index contributed by atoms with van der Waals surface area (Å²) in [6.07, 6.45) is 2.18. The van der Waals surface area contributed by atoms with E-state index in [0.29, 0.717) is 11.4 Å². The highest BCUT2D eigenvalue weighted by molar-refractivity contribution is 5.57. The first-order valence-corrected chi connectivity index (χ1v) is 6.35. The fourth-order valence-electron chi connectivity index (χ4n) is 1.96. The first-order chi connectivity index (χ1) is 9.65. The van der Waals surface area contributed by atoms with Gasteiger partial charge in [-0.1, -0.05) is 13.0 Å². The molecule has 0 aliphatic heterocycles. The average molecular weight is 278 g/mol. The van der Waals surface area contributed by atoms with E-state index >= 15 is 0 Å². The molecule has 0 spiro atoms. The lowest BCUT2D eigenvalue weighted by molar-refractivity contribution is 0.574. The Morgan fingerprint density at radius 2 is 1.90 bits per heavy atom. The number of benzene rings is 1. The van der Waals surface area contributed by atoms with E-state index in [1.165, 1.54) is 18.5 Å². The molecule has 0 saturated heterocycles. The van der Waals surface area contributed by atoms with E-state index in [-0.39, 0.29) is 6.54 Å². The molecule has 0 bridgehead atoms. The molecule has 4 nitrogen and oxygen atoms in total. The molecule has 0 aliphatic carbocycles. The van der Waals surface area contributed by atoms with Crippen molar-refractivity contribution < 1.29 is 8.78 Å². The molecule has 20 heavy (non-hydrogen) atoms. The second-order valence-electron chi connectivity index (χ2n) is 4.24. The molecule has 6 heteroatoms. The first kappa shape index (κ1) is 14.2. The van der Waals surface area contributed by atoms with E-state index in [1.54, 1.807) is 7.05 Å². The third-order valence-electron chi connectivity index (χ3n) is 3.00. The Labute approximate surface area is 116 Å². The van der Waals surface area contributed by atoms with Crippen LogP contribution in [0.1, 0.15) is 18.1 Å². The second kappa shape index (κ2) is 6.27. The van der Waals surface area contributed by atoms with Gasteiger partial charge in [0.25, 0.3) is 0 Å². The summed E-state index contributed by atoms with van der Waals surface area (Å²) < 4.78 is 26.4. The topological polar surface area (TPSA) is 49.8 Å². The highest BCUT2D eigenvalue weighted by atomic mass is 19.1. The minimum absolute atomic E-state index is 0.235. The van der Waals surface area contributed by atoms with Gasteiger partial charge in [0.2, 0.25) is 0 Å². The van der Waals surface area contributed by atoms with Crippen LogP contribution >= 0.6 is 0 Å². The van der Waals surface area contributed by atoms with Gasteiger partial charge in [-0.05, 0) is 12.5 Å². The molecule has 106 valence electrons. The maximum absolute atomic E-state index is 13.6. The van der Waals surface area contributed by atoms with Crippen LogP contribution in [0, 0.1) is 11.6 Å². The molecule has 2 rings (SSSR count). The molecular weight excluding hydrogens is 262 g/mol. The fourth-order valence-corrected chi connectivity index (χ4v) is 1.96. The third-order valence-corrected chi connectivity index (χ3v) is 3.00. The van der Waals surface area contributed by atoms with E-state index in [1.807, 2.05) is 6.92 Å². The lowest BCUT2D eigenvalue weighted by atomic mass is 10.2. The van der Waals surface area contributed by atoms with Gasteiger partial charge in [0.15, 0.2) is 0 Å². The molecular formula is C14H16F2N4. The van der Waals surface area contributed by atoms with Crippen LogP contribution < -0.4 is 10.6 Å². The van der Waals surface area contributed by atoms with Gasteiger partial charge >= 0.3 is 0 Å². The lowest BCUT2D eigenvalue weighted by Crippen LogP contribution is -2.09. The Morgan fingerprint density at radius 1 is 1.15 bits per heavy atom. The van der Waals surface area contributed by atoms with Crippen molar-refractivity contribution in [1.29, 1.82) is 0 Å². The zero-order chi connectivity index (χ0) is 14.5. The quantitative estimate of drug-likeness (QED) is 0.883. The summed E-state index contributed by atoms with van der Waals surface area (Å²) in [5.74, 6) is 0.235. The summed E-state index contributed by atoms with van der Waals surface area (Å²) in [5, 5.41) is 6.05. The van der Waals surface area contributed by atoms with Gasteiger partial charge in [0.1, 0.15) is 29.6 Å². The molecule has 0 unspecified atom stereocenters. The molecule has 0 amide bonds. The smallest absolute Gasteiger partial charge is 0.134 e. The molecule has 1 aromatic heterocycles. The summed E-state index contributed by atoms with van der Waals surface area (Å²) in [7, 11) is 1.78. The van der Waals surface area contributed by atoms with Crippen LogP contribution in [0.3, 0.4) is 0 Å². The molecule has 0 radical (unpaired) electrons. The van der Waals surface area contributed by atoms with Crippen LogP contribution in [0.5, 0.6) is 0 Å². The predicted octanol–water partition coefficient (Wildman–Crippen LogP) is 2.97. The van der Waals surface area contributed by atoms with Crippen molar-refractivity contribution in [2.24, 2.45) is 0 Å². The molecule has 0 fully saturated rings. The Kier molecular flexibility index (Phi) is 4.45. The van der Waals surface area contributed by atoms with Crippen molar-refractivity contribution in [2.75, 3.05) is 17.7 Å². The summed E-state index contributed by atoms with van der Waals surface area (Å²) in [4.78, 5) is 8.29. The summed E-state index contributed by atoms with van der Waals surface area (Å²) >= 11 is 0. The molecule has 2 aromatic rings. The molecule has 1 heterocycles. The van der Waals surface area contributed by atoms with Crippen LogP contribution in [0.15, 0.2) is 24.5 Å². The largest absolute Gasteiger partial charge is 0.373 e. The number of nitrogens with zero attached hydrogens (tertiary/aromatic N) is 2. The number of hydrogen-bond acceptors (Lipinski definition) is 4. The fraction of sp³-hybridized carbons (Fsp3) is 0.286. The van der Waals surface area contributed by atoms with Gasteiger partial charge in [-0.2, -0.15) is 0 Å². The van der Waals surface area contributed by atoms with Crippen LogP contribution in [0.25, 0.3) is 0 Å².